The van der Waals surface area contributed by atoms with Gasteiger partial charge in [-0.05, 0) is 38.9 Å². The number of benzene rings is 1. The van der Waals surface area contributed by atoms with Crippen molar-refractivity contribution in [3.05, 3.63) is 35.4 Å². The Morgan fingerprint density at radius 3 is 2.35 bits per heavy atom. The lowest BCUT2D eigenvalue weighted by molar-refractivity contribution is 0.0901. The van der Waals surface area contributed by atoms with Crippen LogP contribution in [-0.4, -0.2) is 18.0 Å². The summed E-state index contributed by atoms with van der Waals surface area (Å²) in [5.74, 6) is -2.50. The van der Waals surface area contributed by atoms with Gasteiger partial charge in [0.15, 0.2) is 0 Å². The Morgan fingerprint density at radius 1 is 1.35 bits per heavy atom. The molecule has 3 nitrogen and oxygen atoms in total. The second-order valence-electron chi connectivity index (χ2n) is 4.47. The van der Waals surface area contributed by atoms with Crippen molar-refractivity contribution in [1.82, 2.24) is 5.32 Å². The molecule has 0 saturated heterocycles. The molecule has 0 spiro atoms. The van der Waals surface area contributed by atoms with Gasteiger partial charge in [-0.15, -0.1) is 0 Å². The molecule has 0 aliphatic carbocycles. The Kier molecular flexibility index (Phi) is 4.17. The maximum Gasteiger partial charge on any atom is 0.257 e. The predicted molar refractivity (Wildman–Crippen MR) is 61.6 cm³/mol. The highest BCUT2D eigenvalue weighted by atomic mass is 19.1. The van der Waals surface area contributed by atoms with E-state index in [1.54, 1.807) is 13.8 Å². The van der Waals surface area contributed by atoms with Crippen LogP contribution in [0.15, 0.2) is 18.2 Å². The quantitative estimate of drug-likeness (QED) is 0.846. The molecular formula is C12H16F2N2O. The lowest BCUT2D eigenvalue weighted by Crippen LogP contribution is -2.45. The third kappa shape index (κ3) is 3.49. The summed E-state index contributed by atoms with van der Waals surface area (Å²) >= 11 is 0. The number of hydrogen-bond acceptors (Lipinski definition) is 2. The van der Waals surface area contributed by atoms with Gasteiger partial charge in [0, 0.05) is 5.54 Å². The molecule has 0 aromatic heterocycles. The Bertz CT molecular complexity index is 399. The van der Waals surface area contributed by atoms with Crippen molar-refractivity contribution >= 4 is 5.91 Å². The zero-order valence-electron chi connectivity index (χ0n) is 9.89. The fourth-order valence-electron chi connectivity index (χ4n) is 1.51. The maximum absolute atomic E-state index is 13.3. The topological polar surface area (TPSA) is 55.1 Å². The van der Waals surface area contributed by atoms with Crippen molar-refractivity contribution in [2.24, 2.45) is 5.73 Å². The number of rotatable bonds is 4. The Morgan fingerprint density at radius 2 is 1.88 bits per heavy atom. The highest BCUT2D eigenvalue weighted by molar-refractivity contribution is 5.95. The first-order valence-electron chi connectivity index (χ1n) is 5.34. The van der Waals surface area contributed by atoms with E-state index in [1.807, 2.05) is 0 Å². The first-order chi connectivity index (χ1) is 7.87. The van der Waals surface area contributed by atoms with Crippen molar-refractivity contribution in [3.8, 4) is 0 Å². The lowest BCUT2D eigenvalue weighted by atomic mass is 10.00. The number of halogens is 2. The molecule has 0 atom stereocenters. The molecule has 3 N–H and O–H groups in total. The maximum atomic E-state index is 13.3. The van der Waals surface area contributed by atoms with Crippen LogP contribution in [0.1, 0.15) is 30.6 Å². The number of carbonyl (C=O) groups is 1. The average molecular weight is 242 g/mol. The van der Waals surface area contributed by atoms with Gasteiger partial charge in [-0.3, -0.25) is 4.79 Å². The van der Waals surface area contributed by atoms with Gasteiger partial charge in [-0.1, -0.05) is 6.07 Å². The Hall–Kier alpha value is -1.49. The van der Waals surface area contributed by atoms with Crippen LogP contribution in [0.3, 0.4) is 0 Å². The third-order valence-corrected chi connectivity index (χ3v) is 2.41. The molecule has 1 aromatic rings. The minimum absolute atomic E-state index is 0.382. The second kappa shape index (κ2) is 5.23. The fourth-order valence-corrected chi connectivity index (χ4v) is 1.51. The van der Waals surface area contributed by atoms with E-state index in [-0.39, 0.29) is 0 Å². The van der Waals surface area contributed by atoms with Crippen molar-refractivity contribution in [3.63, 3.8) is 0 Å². The van der Waals surface area contributed by atoms with Gasteiger partial charge < -0.3 is 11.1 Å². The second-order valence-corrected chi connectivity index (χ2v) is 4.47. The van der Waals surface area contributed by atoms with E-state index in [0.29, 0.717) is 13.0 Å². The molecule has 0 heterocycles. The predicted octanol–water partition coefficient (Wildman–Crippen LogP) is 1.82. The summed E-state index contributed by atoms with van der Waals surface area (Å²) in [5.41, 5.74) is 4.23. The van der Waals surface area contributed by atoms with Gasteiger partial charge >= 0.3 is 0 Å². The zero-order chi connectivity index (χ0) is 13.1. The molecule has 0 aliphatic heterocycles. The lowest BCUT2D eigenvalue weighted by Gasteiger charge is -2.25. The molecule has 0 bridgehead atoms. The smallest absolute Gasteiger partial charge is 0.257 e. The molecule has 1 rings (SSSR count). The molecule has 0 saturated carbocycles. The summed E-state index contributed by atoms with van der Waals surface area (Å²) in [6.07, 6.45) is 0.523. The van der Waals surface area contributed by atoms with E-state index in [9.17, 15) is 13.6 Å². The minimum Gasteiger partial charge on any atom is -0.347 e. The highest BCUT2D eigenvalue weighted by Crippen LogP contribution is 2.14. The van der Waals surface area contributed by atoms with E-state index in [0.717, 1.165) is 12.1 Å². The average Bonchev–Trinajstić information content (AvgIpc) is 2.15. The van der Waals surface area contributed by atoms with Gasteiger partial charge in [0.25, 0.3) is 5.91 Å². The van der Waals surface area contributed by atoms with Crippen LogP contribution in [0.4, 0.5) is 8.78 Å². The van der Waals surface area contributed by atoms with E-state index in [1.165, 1.54) is 6.07 Å². The van der Waals surface area contributed by atoms with E-state index in [4.69, 9.17) is 5.73 Å². The molecule has 17 heavy (non-hydrogen) atoms. The molecular weight excluding hydrogens is 226 g/mol. The van der Waals surface area contributed by atoms with Crippen LogP contribution in [0, 0.1) is 11.6 Å². The summed E-state index contributed by atoms with van der Waals surface area (Å²) in [4.78, 5) is 11.7. The number of carbonyl (C=O) groups excluding carboxylic acids is 1. The van der Waals surface area contributed by atoms with Gasteiger partial charge in [0.2, 0.25) is 0 Å². The number of amides is 1. The summed E-state index contributed by atoms with van der Waals surface area (Å²) in [5, 5.41) is 2.56. The van der Waals surface area contributed by atoms with Gasteiger partial charge in [0.05, 0.1) is 0 Å². The first kappa shape index (κ1) is 13.6. The molecule has 0 aliphatic rings. The van der Waals surface area contributed by atoms with Crippen molar-refractivity contribution in [1.29, 1.82) is 0 Å². The van der Waals surface area contributed by atoms with Crippen LogP contribution >= 0.6 is 0 Å². The SMILES string of the molecule is CC(C)(CCN)NC(=O)c1c(F)cccc1F. The summed E-state index contributed by atoms with van der Waals surface area (Å²) in [7, 11) is 0. The number of nitrogens with two attached hydrogens (primary N) is 1. The molecule has 5 heteroatoms. The van der Waals surface area contributed by atoms with E-state index >= 15 is 0 Å². The first-order valence-corrected chi connectivity index (χ1v) is 5.34. The molecule has 1 amide bonds. The number of hydrogen-bond donors (Lipinski definition) is 2. The standard InChI is InChI=1S/C12H16F2N2O/c1-12(2,6-7-15)16-11(17)10-8(13)4-3-5-9(10)14/h3-5H,6-7,15H2,1-2H3,(H,16,17). The minimum atomic E-state index is -0.869. The molecule has 1 aromatic carbocycles. The molecule has 94 valence electrons. The van der Waals surface area contributed by atoms with Gasteiger partial charge in [0.1, 0.15) is 17.2 Å². The van der Waals surface area contributed by atoms with E-state index in [2.05, 4.69) is 5.32 Å². The van der Waals surface area contributed by atoms with Crippen molar-refractivity contribution in [2.75, 3.05) is 6.54 Å². The zero-order valence-corrected chi connectivity index (χ0v) is 9.89. The number of nitrogens with one attached hydrogen (secondary N) is 1. The molecule has 0 fully saturated rings. The fraction of sp³-hybridized carbons (Fsp3) is 0.417. The third-order valence-electron chi connectivity index (χ3n) is 2.41. The normalized spacial score (nSPS) is 11.4. The van der Waals surface area contributed by atoms with Crippen LogP contribution in [-0.2, 0) is 0 Å². The van der Waals surface area contributed by atoms with Crippen LogP contribution in [0.5, 0.6) is 0 Å². The molecule has 0 radical (unpaired) electrons. The van der Waals surface area contributed by atoms with E-state index < -0.39 is 28.6 Å². The Balaban J connectivity index is 2.91. The van der Waals surface area contributed by atoms with Gasteiger partial charge in [-0.2, -0.15) is 0 Å². The summed E-state index contributed by atoms with van der Waals surface area (Å²) < 4.78 is 26.7. The summed E-state index contributed by atoms with van der Waals surface area (Å²) in [6.45, 7) is 3.88. The largest absolute Gasteiger partial charge is 0.347 e. The summed E-state index contributed by atoms with van der Waals surface area (Å²) in [6, 6.07) is 3.31. The van der Waals surface area contributed by atoms with Crippen LogP contribution in [0.2, 0.25) is 0 Å². The highest BCUT2D eigenvalue weighted by Gasteiger charge is 2.24. The van der Waals surface area contributed by atoms with Crippen LogP contribution < -0.4 is 11.1 Å². The van der Waals surface area contributed by atoms with Crippen molar-refractivity contribution in [2.45, 2.75) is 25.8 Å². The van der Waals surface area contributed by atoms with Gasteiger partial charge in [-0.25, -0.2) is 8.78 Å². The Labute approximate surface area is 99.0 Å². The van der Waals surface area contributed by atoms with Crippen molar-refractivity contribution < 1.29 is 13.6 Å². The monoisotopic (exact) mass is 242 g/mol. The van der Waals surface area contributed by atoms with Crippen LogP contribution in [0.25, 0.3) is 0 Å². The molecule has 0 unspecified atom stereocenters.